The number of H-pyrrole nitrogens is 1. The standard InChI is InChI=1S/C29H33N5O2/c1-5-36-26-13-21(11-12-24(26)20-9-7-6-8-10-20)29(35)33(4)28(23-17-34(18-23)19(2)3)25-16-30-14-22-15-31-32-27(22)25/h6-16,19,23,28H,5,17-18H2,1-4H3,(H,31,32)/t28-/m1/s1. The Bertz CT molecular complexity index is 1340. The maximum atomic E-state index is 13.9. The van der Waals surface area contributed by atoms with Crippen molar-refractivity contribution >= 4 is 16.8 Å². The van der Waals surface area contributed by atoms with E-state index in [1.54, 1.807) is 12.4 Å². The van der Waals surface area contributed by atoms with E-state index in [1.165, 1.54) is 0 Å². The van der Waals surface area contributed by atoms with Gasteiger partial charge in [0.25, 0.3) is 5.91 Å². The van der Waals surface area contributed by atoms with E-state index in [0.717, 1.165) is 40.7 Å². The molecule has 1 N–H and O–H groups in total. The number of hydrogen-bond donors (Lipinski definition) is 1. The summed E-state index contributed by atoms with van der Waals surface area (Å²) in [5.74, 6) is 0.971. The number of aromatic nitrogens is 3. The highest BCUT2D eigenvalue weighted by molar-refractivity contribution is 5.96. The number of benzene rings is 2. The van der Waals surface area contributed by atoms with E-state index in [1.807, 2.05) is 61.5 Å². The molecule has 0 spiro atoms. The van der Waals surface area contributed by atoms with Gasteiger partial charge in [0.05, 0.1) is 24.4 Å². The van der Waals surface area contributed by atoms with Crippen molar-refractivity contribution in [3.8, 4) is 16.9 Å². The molecule has 186 valence electrons. The zero-order valence-corrected chi connectivity index (χ0v) is 21.3. The molecule has 1 atom stereocenters. The zero-order valence-electron chi connectivity index (χ0n) is 21.3. The Morgan fingerprint density at radius 3 is 2.64 bits per heavy atom. The van der Waals surface area contributed by atoms with Crippen LogP contribution in [-0.2, 0) is 0 Å². The second-order valence-electron chi connectivity index (χ2n) is 9.74. The molecule has 1 aliphatic heterocycles. The van der Waals surface area contributed by atoms with Crippen LogP contribution in [0.25, 0.3) is 22.0 Å². The van der Waals surface area contributed by atoms with Gasteiger partial charge in [-0.15, -0.1) is 0 Å². The molecule has 1 aliphatic rings. The molecule has 1 fully saturated rings. The Kier molecular flexibility index (Phi) is 6.74. The van der Waals surface area contributed by atoms with Crippen molar-refractivity contribution in [1.29, 1.82) is 0 Å². The summed E-state index contributed by atoms with van der Waals surface area (Å²) in [4.78, 5) is 22.7. The molecule has 36 heavy (non-hydrogen) atoms. The maximum absolute atomic E-state index is 13.9. The van der Waals surface area contributed by atoms with Crippen LogP contribution in [-0.4, -0.2) is 63.7 Å². The number of nitrogens with zero attached hydrogens (tertiary/aromatic N) is 4. The van der Waals surface area contributed by atoms with Gasteiger partial charge in [0.15, 0.2) is 0 Å². The first-order valence-electron chi connectivity index (χ1n) is 12.6. The molecule has 3 heterocycles. The van der Waals surface area contributed by atoms with Crippen LogP contribution in [0.1, 0.15) is 42.7 Å². The van der Waals surface area contributed by atoms with E-state index in [0.29, 0.717) is 29.9 Å². The minimum atomic E-state index is -0.131. The van der Waals surface area contributed by atoms with Crippen LogP contribution in [0, 0.1) is 5.92 Å². The van der Waals surface area contributed by atoms with Crippen molar-refractivity contribution in [3.63, 3.8) is 0 Å². The number of carbonyl (C=O) groups excluding carboxylic acids is 1. The first-order chi connectivity index (χ1) is 17.5. The molecule has 7 nitrogen and oxygen atoms in total. The van der Waals surface area contributed by atoms with Crippen LogP contribution in [0.5, 0.6) is 5.75 Å². The van der Waals surface area contributed by atoms with Gasteiger partial charge in [0.1, 0.15) is 5.75 Å². The van der Waals surface area contributed by atoms with Gasteiger partial charge in [-0.05, 0) is 44.5 Å². The molecule has 5 rings (SSSR count). The first-order valence-corrected chi connectivity index (χ1v) is 12.6. The van der Waals surface area contributed by atoms with Crippen molar-refractivity contribution < 1.29 is 9.53 Å². The van der Waals surface area contributed by atoms with Crippen molar-refractivity contribution in [1.82, 2.24) is 25.0 Å². The molecular formula is C29H33N5O2. The Hall–Kier alpha value is -3.71. The van der Waals surface area contributed by atoms with E-state index in [9.17, 15) is 4.79 Å². The Labute approximate surface area is 212 Å². The molecule has 2 aromatic heterocycles. The van der Waals surface area contributed by atoms with Crippen molar-refractivity contribution in [2.24, 2.45) is 5.92 Å². The third kappa shape index (κ3) is 4.46. The number of likely N-dealkylation sites (tertiary alicyclic amines) is 1. The summed E-state index contributed by atoms with van der Waals surface area (Å²) in [6.45, 7) is 8.77. The Morgan fingerprint density at radius 1 is 1.14 bits per heavy atom. The van der Waals surface area contributed by atoms with Crippen LogP contribution < -0.4 is 4.74 Å². The van der Waals surface area contributed by atoms with Gasteiger partial charge in [0.2, 0.25) is 0 Å². The smallest absolute Gasteiger partial charge is 0.254 e. The topological polar surface area (TPSA) is 74.3 Å². The highest BCUT2D eigenvalue weighted by Crippen LogP contribution is 2.39. The highest BCUT2D eigenvalue weighted by Gasteiger charge is 2.40. The summed E-state index contributed by atoms with van der Waals surface area (Å²) in [5.41, 5.74) is 4.58. The van der Waals surface area contributed by atoms with Gasteiger partial charge in [-0.1, -0.05) is 30.3 Å². The van der Waals surface area contributed by atoms with Crippen LogP contribution in [0.4, 0.5) is 0 Å². The molecule has 0 saturated carbocycles. The van der Waals surface area contributed by atoms with Crippen molar-refractivity contribution in [2.45, 2.75) is 32.9 Å². The summed E-state index contributed by atoms with van der Waals surface area (Å²) in [7, 11) is 1.89. The van der Waals surface area contributed by atoms with Gasteiger partial charge in [0, 0.05) is 66.6 Å². The molecular weight excluding hydrogens is 450 g/mol. The van der Waals surface area contributed by atoms with Crippen molar-refractivity contribution in [2.75, 3.05) is 26.7 Å². The summed E-state index contributed by atoms with van der Waals surface area (Å²) in [6, 6.07) is 16.2. The van der Waals surface area contributed by atoms with Gasteiger partial charge in [-0.2, -0.15) is 5.10 Å². The molecule has 2 aromatic carbocycles. The quantitative estimate of drug-likeness (QED) is 0.374. The number of hydrogen-bond acceptors (Lipinski definition) is 5. The van der Waals surface area contributed by atoms with E-state index in [2.05, 4.69) is 46.1 Å². The molecule has 1 amide bonds. The third-order valence-electron chi connectivity index (χ3n) is 7.17. The zero-order chi connectivity index (χ0) is 25.2. The minimum Gasteiger partial charge on any atom is -0.493 e. The second kappa shape index (κ2) is 10.1. The van der Waals surface area contributed by atoms with Gasteiger partial charge in [-0.3, -0.25) is 14.9 Å². The van der Waals surface area contributed by atoms with Gasteiger partial charge >= 0.3 is 0 Å². The Balaban J connectivity index is 1.50. The lowest BCUT2D eigenvalue weighted by molar-refractivity contribution is 0.0104. The SMILES string of the molecule is CCOc1cc(C(=O)N(C)[C@@H](c2cncc3cn[nH]c23)C2CN(C(C)C)C2)ccc1-c1ccccc1. The minimum absolute atomic E-state index is 0.0416. The molecule has 0 radical (unpaired) electrons. The number of rotatable bonds is 8. The number of aromatic amines is 1. The summed E-state index contributed by atoms with van der Waals surface area (Å²) >= 11 is 0. The number of carbonyl (C=O) groups is 1. The number of fused-ring (bicyclic) bond motifs is 1. The van der Waals surface area contributed by atoms with E-state index < -0.39 is 0 Å². The average molecular weight is 484 g/mol. The van der Waals surface area contributed by atoms with Crippen LogP contribution in [0.2, 0.25) is 0 Å². The third-order valence-corrected chi connectivity index (χ3v) is 7.17. The molecule has 1 saturated heterocycles. The predicted molar refractivity (Wildman–Crippen MR) is 142 cm³/mol. The first kappa shape index (κ1) is 24.0. The predicted octanol–water partition coefficient (Wildman–Crippen LogP) is 5.18. The summed E-state index contributed by atoms with van der Waals surface area (Å²) < 4.78 is 5.97. The summed E-state index contributed by atoms with van der Waals surface area (Å²) in [5, 5.41) is 8.31. The van der Waals surface area contributed by atoms with Gasteiger partial charge < -0.3 is 14.5 Å². The lowest BCUT2D eigenvalue weighted by Crippen LogP contribution is -2.55. The fraction of sp³-hybridized carbons (Fsp3) is 0.345. The molecule has 0 unspecified atom stereocenters. The average Bonchev–Trinajstić information content (AvgIpc) is 3.35. The number of ether oxygens (including phenoxy) is 1. The van der Waals surface area contributed by atoms with E-state index in [-0.39, 0.29) is 11.9 Å². The normalized spacial score (nSPS) is 15.1. The highest BCUT2D eigenvalue weighted by atomic mass is 16.5. The summed E-state index contributed by atoms with van der Waals surface area (Å²) in [6.07, 6.45) is 5.46. The fourth-order valence-electron chi connectivity index (χ4n) is 5.18. The lowest BCUT2D eigenvalue weighted by atomic mass is 9.84. The lowest BCUT2D eigenvalue weighted by Gasteiger charge is -2.48. The fourth-order valence-corrected chi connectivity index (χ4v) is 5.18. The number of pyridine rings is 1. The molecule has 0 bridgehead atoms. The largest absolute Gasteiger partial charge is 0.493 e. The molecule has 4 aromatic rings. The van der Waals surface area contributed by atoms with Gasteiger partial charge in [-0.25, -0.2) is 0 Å². The molecule has 7 heteroatoms. The monoisotopic (exact) mass is 483 g/mol. The second-order valence-corrected chi connectivity index (χ2v) is 9.74. The number of nitrogens with one attached hydrogen (secondary N) is 1. The van der Waals surface area contributed by atoms with E-state index >= 15 is 0 Å². The maximum Gasteiger partial charge on any atom is 0.254 e. The Morgan fingerprint density at radius 2 is 1.92 bits per heavy atom. The number of amides is 1. The molecule has 0 aliphatic carbocycles. The van der Waals surface area contributed by atoms with Crippen LogP contribution in [0.15, 0.2) is 67.1 Å². The van der Waals surface area contributed by atoms with E-state index in [4.69, 9.17) is 4.74 Å². The van der Waals surface area contributed by atoms with Crippen LogP contribution >= 0.6 is 0 Å². The van der Waals surface area contributed by atoms with Crippen molar-refractivity contribution in [3.05, 3.63) is 78.2 Å². The van der Waals surface area contributed by atoms with Crippen LogP contribution in [0.3, 0.4) is 0 Å².